The molecule has 0 atom stereocenters. The third kappa shape index (κ3) is 1.15. The summed E-state index contributed by atoms with van der Waals surface area (Å²) in [5.41, 5.74) is 1.55. The Hall–Kier alpha value is -0.920. The maximum absolute atomic E-state index is 12.4. The third-order valence-corrected chi connectivity index (χ3v) is 1.54. The fourth-order valence-corrected chi connectivity index (χ4v) is 0.746. The summed E-state index contributed by atoms with van der Waals surface area (Å²) in [6.45, 7) is 3.50. The van der Waals surface area contributed by atoms with Gasteiger partial charge in [0, 0.05) is 0 Å². The Morgan fingerprint density at radius 3 is 1.50 bits per heavy atom. The van der Waals surface area contributed by atoms with Crippen molar-refractivity contribution in [2.45, 2.75) is 13.8 Å². The second-order valence-corrected chi connectivity index (χ2v) is 2.35. The number of halogens is 2. The Labute approximate surface area is 58.5 Å². The molecule has 1 rings (SSSR count). The predicted molar refractivity (Wildman–Crippen MR) is 35.8 cm³/mol. The molecular weight excluding hydrogens is 134 g/mol. The number of benzene rings is 1. The first kappa shape index (κ1) is 7.19. The average Bonchev–Trinajstić information content (AvgIpc) is 1.84. The van der Waals surface area contributed by atoms with Gasteiger partial charge in [-0.15, -0.1) is 0 Å². The number of hydrogen-bond acceptors (Lipinski definition) is 0. The highest BCUT2D eigenvalue weighted by molar-refractivity contribution is 5.25. The zero-order chi connectivity index (χ0) is 7.72. The fraction of sp³-hybridized carbons (Fsp3) is 0.250. The maximum atomic E-state index is 12.4. The van der Waals surface area contributed by atoms with Crippen molar-refractivity contribution in [2.24, 2.45) is 0 Å². The van der Waals surface area contributed by atoms with Gasteiger partial charge in [0.15, 0.2) is 11.6 Å². The molecule has 0 aliphatic rings. The van der Waals surface area contributed by atoms with Gasteiger partial charge >= 0.3 is 0 Å². The Morgan fingerprint density at radius 1 is 0.900 bits per heavy atom. The van der Waals surface area contributed by atoms with E-state index < -0.39 is 11.6 Å². The van der Waals surface area contributed by atoms with Gasteiger partial charge in [-0.25, -0.2) is 8.78 Å². The topological polar surface area (TPSA) is 0 Å². The molecule has 0 saturated heterocycles. The van der Waals surface area contributed by atoms with Gasteiger partial charge in [-0.3, -0.25) is 0 Å². The summed E-state index contributed by atoms with van der Waals surface area (Å²) in [6.07, 6.45) is 0. The van der Waals surface area contributed by atoms with E-state index in [0.717, 1.165) is 11.1 Å². The highest BCUT2D eigenvalue weighted by Crippen LogP contribution is 2.12. The zero-order valence-electron chi connectivity index (χ0n) is 5.91. The lowest BCUT2D eigenvalue weighted by molar-refractivity contribution is 0.507. The molecule has 0 spiro atoms. The first-order valence-electron chi connectivity index (χ1n) is 3.03. The second kappa shape index (κ2) is 2.37. The summed E-state index contributed by atoms with van der Waals surface area (Å²) in [6, 6.07) is 2.40. The summed E-state index contributed by atoms with van der Waals surface area (Å²) in [5, 5.41) is 0. The minimum atomic E-state index is -0.775. The monoisotopic (exact) mass is 142 g/mol. The molecular formula is C8H8F2. The Morgan fingerprint density at radius 2 is 1.20 bits per heavy atom. The van der Waals surface area contributed by atoms with Crippen molar-refractivity contribution in [3.05, 3.63) is 34.9 Å². The third-order valence-electron chi connectivity index (χ3n) is 1.54. The van der Waals surface area contributed by atoms with Crippen molar-refractivity contribution in [1.29, 1.82) is 0 Å². The van der Waals surface area contributed by atoms with Crippen LogP contribution in [0.4, 0.5) is 8.78 Å². The molecule has 0 heterocycles. The van der Waals surface area contributed by atoms with Gasteiger partial charge in [0.2, 0.25) is 0 Å². The number of hydrogen-bond donors (Lipinski definition) is 0. The normalized spacial score (nSPS) is 10.0. The second-order valence-electron chi connectivity index (χ2n) is 2.35. The lowest BCUT2D eigenvalue weighted by Crippen LogP contribution is -1.88. The first-order chi connectivity index (χ1) is 4.61. The lowest BCUT2D eigenvalue weighted by atomic mass is 10.1. The van der Waals surface area contributed by atoms with Gasteiger partial charge < -0.3 is 0 Å². The van der Waals surface area contributed by atoms with Gasteiger partial charge in [-0.1, -0.05) is 0 Å². The van der Waals surface area contributed by atoms with Crippen molar-refractivity contribution >= 4 is 0 Å². The Bertz CT molecular complexity index is 203. The van der Waals surface area contributed by atoms with Gasteiger partial charge in [0.1, 0.15) is 0 Å². The molecule has 0 unspecified atom stereocenters. The molecule has 1 aromatic rings. The Balaban J connectivity index is 3.28. The Kier molecular flexibility index (Phi) is 1.70. The lowest BCUT2D eigenvalue weighted by Gasteiger charge is -1.98. The SMILES string of the molecule is Cc1cc(F)c(F)cc1C. The van der Waals surface area contributed by atoms with Gasteiger partial charge in [0.25, 0.3) is 0 Å². The van der Waals surface area contributed by atoms with E-state index in [1.807, 2.05) is 0 Å². The smallest absolute Gasteiger partial charge is 0.159 e. The molecule has 0 aliphatic heterocycles. The molecule has 0 nitrogen and oxygen atoms in total. The largest absolute Gasteiger partial charge is 0.204 e. The molecule has 0 fully saturated rings. The fourth-order valence-electron chi connectivity index (χ4n) is 0.746. The molecule has 0 aliphatic carbocycles. The summed E-state index contributed by atoms with van der Waals surface area (Å²) >= 11 is 0. The quantitative estimate of drug-likeness (QED) is 0.522. The average molecular weight is 142 g/mol. The molecule has 54 valence electrons. The molecule has 0 N–H and O–H groups in total. The molecule has 0 amide bonds. The van der Waals surface area contributed by atoms with Crippen LogP contribution in [0.1, 0.15) is 11.1 Å². The van der Waals surface area contributed by atoms with Crippen molar-refractivity contribution < 1.29 is 8.78 Å². The van der Waals surface area contributed by atoms with Crippen LogP contribution in [-0.4, -0.2) is 0 Å². The molecule has 0 aromatic heterocycles. The molecule has 0 bridgehead atoms. The van der Waals surface area contributed by atoms with E-state index in [4.69, 9.17) is 0 Å². The van der Waals surface area contributed by atoms with Crippen molar-refractivity contribution in [3.63, 3.8) is 0 Å². The van der Waals surface area contributed by atoms with E-state index in [-0.39, 0.29) is 0 Å². The van der Waals surface area contributed by atoms with Gasteiger partial charge in [-0.2, -0.15) is 0 Å². The van der Waals surface area contributed by atoms with Crippen LogP contribution < -0.4 is 0 Å². The van der Waals surface area contributed by atoms with E-state index in [2.05, 4.69) is 0 Å². The standard InChI is InChI=1S/C8H8F2/c1-5-3-7(9)8(10)4-6(5)2/h3-4H,1-2H3. The predicted octanol–water partition coefficient (Wildman–Crippen LogP) is 2.58. The minimum absolute atomic E-state index is 0.775. The highest BCUT2D eigenvalue weighted by atomic mass is 19.2. The summed E-state index contributed by atoms with van der Waals surface area (Å²) in [5.74, 6) is -1.55. The van der Waals surface area contributed by atoms with Crippen LogP contribution in [0.5, 0.6) is 0 Å². The van der Waals surface area contributed by atoms with Crippen LogP contribution in [0.3, 0.4) is 0 Å². The highest BCUT2D eigenvalue weighted by Gasteiger charge is 2.02. The summed E-state index contributed by atoms with van der Waals surface area (Å²) in [7, 11) is 0. The molecule has 10 heavy (non-hydrogen) atoms. The molecule has 2 heteroatoms. The van der Waals surface area contributed by atoms with E-state index in [0.29, 0.717) is 0 Å². The van der Waals surface area contributed by atoms with Crippen LogP contribution in [0.25, 0.3) is 0 Å². The molecule has 0 radical (unpaired) electrons. The summed E-state index contributed by atoms with van der Waals surface area (Å²) < 4.78 is 24.8. The van der Waals surface area contributed by atoms with Crippen LogP contribution in [0.15, 0.2) is 12.1 Å². The molecule has 0 saturated carbocycles. The first-order valence-corrected chi connectivity index (χ1v) is 3.03. The number of aryl methyl sites for hydroxylation is 2. The van der Waals surface area contributed by atoms with Crippen LogP contribution in [-0.2, 0) is 0 Å². The van der Waals surface area contributed by atoms with E-state index in [9.17, 15) is 8.78 Å². The number of rotatable bonds is 0. The van der Waals surface area contributed by atoms with Crippen molar-refractivity contribution in [2.75, 3.05) is 0 Å². The van der Waals surface area contributed by atoms with Gasteiger partial charge in [0.05, 0.1) is 0 Å². The van der Waals surface area contributed by atoms with E-state index >= 15 is 0 Å². The van der Waals surface area contributed by atoms with Gasteiger partial charge in [-0.05, 0) is 37.1 Å². The minimum Gasteiger partial charge on any atom is -0.204 e. The summed E-state index contributed by atoms with van der Waals surface area (Å²) in [4.78, 5) is 0. The van der Waals surface area contributed by atoms with Crippen LogP contribution in [0.2, 0.25) is 0 Å². The maximum Gasteiger partial charge on any atom is 0.159 e. The zero-order valence-corrected chi connectivity index (χ0v) is 5.91. The van der Waals surface area contributed by atoms with Crippen molar-refractivity contribution in [1.82, 2.24) is 0 Å². The van der Waals surface area contributed by atoms with E-state index in [1.165, 1.54) is 12.1 Å². The van der Waals surface area contributed by atoms with E-state index in [1.54, 1.807) is 13.8 Å². The van der Waals surface area contributed by atoms with Crippen molar-refractivity contribution in [3.8, 4) is 0 Å². The van der Waals surface area contributed by atoms with Crippen LogP contribution in [0, 0.1) is 25.5 Å². The van der Waals surface area contributed by atoms with Crippen LogP contribution >= 0.6 is 0 Å². The molecule has 1 aromatic carbocycles.